The average molecular weight is 309 g/mol. The van der Waals surface area contributed by atoms with Gasteiger partial charge in [-0.2, -0.15) is 0 Å². The molecule has 0 bridgehead atoms. The lowest BCUT2D eigenvalue weighted by Crippen LogP contribution is -2.40. The first-order chi connectivity index (χ1) is 8.87. The highest BCUT2D eigenvalue weighted by Crippen LogP contribution is 2.25. The summed E-state index contributed by atoms with van der Waals surface area (Å²) >= 11 is 0. The second-order valence-electron chi connectivity index (χ2n) is 4.79. The molecule has 1 amide bonds. The summed E-state index contributed by atoms with van der Waals surface area (Å²) in [5, 5.41) is 4.99. The van der Waals surface area contributed by atoms with E-state index >= 15 is 0 Å². The number of carbonyl (C=O) groups is 1. The van der Waals surface area contributed by atoms with Crippen LogP contribution in [-0.4, -0.2) is 24.4 Å². The van der Waals surface area contributed by atoms with E-state index in [4.69, 9.17) is 0 Å². The molecule has 20 heavy (non-hydrogen) atoms. The van der Waals surface area contributed by atoms with Crippen molar-refractivity contribution >= 4 is 18.3 Å². The zero-order valence-corrected chi connectivity index (χ0v) is 11.7. The van der Waals surface area contributed by atoms with Crippen LogP contribution in [0.15, 0.2) is 18.2 Å². The van der Waals surface area contributed by atoms with E-state index in [0.717, 1.165) is 0 Å². The van der Waals surface area contributed by atoms with Crippen LogP contribution < -0.4 is 10.6 Å². The first-order valence-electron chi connectivity index (χ1n) is 6.01. The maximum atomic E-state index is 13.3. The molecule has 0 radical (unpaired) electrons. The third kappa shape index (κ3) is 4.11. The fourth-order valence-electron chi connectivity index (χ4n) is 1.96. The van der Waals surface area contributed by atoms with Gasteiger partial charge in [0.1, 0.15) is 5.82 Å². The van der Waals surface area contributed by atoms with Crippen molar-refractivity contribution in [2.45, 2.75) is 31.9 Å². The van der Waals surface area contributed by atoms with Gasteiger partial charge in [0.05, 0.1) is 12.6 Å². The normalized spacial score (nSPS) is 20.3. The number of aryl methyl sites for hydroxylation is 1. The SMILES string of the molecule is Cc1ccc(CNC(=O)C2CC(F)(F)CN2)cc1F.Cl. The van der Waals surface area contributed by atoms with E-state index in [0.29, 0.717) is 11.1 Å². The third-order valence-electron chi connectivity index (χ3n) is 3.13. The summed E-state index contributed by atoms with van der Waals surface area (Å²) in [4.78, 5) is 11.7. The molecular formula is C13H16ClF3N2O. The average Bonchev–Trinajstić information content (AvgIpc) is 2.71. The van der Waals surface area contributed by atoms with E-state index in [-0.39, 0.29) is 24.8 Å². The van der Waals surface area contributed by atoms with Crippen molar-refractivity contribution in [1.29, 1.82) is 0 Å². The summed E-state index contributed by atoms with van der Waals surface area (Å²) in [7, 11) is 0. The van der Waals surface area contributed by atoms with Gasteiger partial charge in [-0.15, -0.1) is 12.4 Å². The monoisotopic (exact) mass is 308 g/mol. The highest BCUT2D eigenvalue weighted by atomic mass is 35.5. The standard InChI is InChI=1S/C13H15F3N2O.ClH/c1-8-2-3-9(4-10(8)14)6-17-12(19)11-5-13(15,16)7-18-11;/h2-4,11,18H,5-7H2,1H3,(H,17,19);1H. The van der Waals surface area contributed by atoms with E-state index in [1.165, 1.54) is 6.07 Å². The zero-order chi connectivity index (χ0) is 14.0. The molecule has 1 aliphatic heterocycles. The second-order valence-corrected chi connectivity index (χ2v) is 4.79. The number of rotatable bonds is 3. The maximum Gasteiger partial charge on any atom is 0.262 e. The van der Waals surface area contributed by atoms with Gasteiger partial charge >= 0.3 is 0 Å². The Bertz CT molecular complexity index is 497. The van der Waals surface area contributed by atoms with Crippen molar-refractivity contribution in [3.63, 3.8) is 0 Å². The Morgan fingerprint density at radius 3 is 2.75 bits per heavy atom. The second kappa shape index (κ2) is 6.45. The Balaban J connectivity index is 0.00000200. The molecule has 3 nitrogen and oxygen atoms in total. The van der Waals surface area contributed by atoms with Crippen LogP contribution in [0, 0.1) is 12.7 Å². The minimum atomic E-state index is -2.84. The number of hydrogen-bond donors (Lipinski definition) is 2. The van der Waals surface area contributed by atoms with Crippen molar-refractivity contribution in [1.82, 2.24) is 10.6 Å². The minimum Gasteiger partial charge on any atom is -0.351 e. The minimum absolute atomic E-state index is 0. The molecule has 1 atom stereocenters. The first kappa shape index (κ1) is 16.8. The zero-order valence-electron chi connectivity index (χ0n) is 10.9. The highest BCUT2D eigenvalue weighted by molar-refractivity contribution is 5.85. The molecule has 1 aromatic rings. The van der Waals surface area contributed by atoms with Crippen LogP contribution in [0.1, 0.15) is 17.5 Å². The number of alkyl halides is 2. The van der Waals surface area contributed by atoms with Gasteiger partial charge < -0.3 is 5.32 Å². The highest BCUT2D eigenvalue weighted by Gasteiger charge is 2.42. The summed E-state index contributed by atoms with van der Waals surface area (Å²) in [5.41, 5.74) is 1.12. The molecule has 2 rings (SSSR count). The molecule has 1 fully saturated rings. The number of amides is 1. The lowest BCUT2D eigenvalue weighted by atomic mass is 10.1. The van der Waals surface area contributed by atoms with Crippen LogP contribution in [0.2, 0.25) is 0 Å². The van der Waals surface area contributed by atoms with Gasteiger partial charge in [0.25, 0.3) is 5.92 Å². The van der Waals surface area contributed by atoms with E-state index in [1.807, 2.05) is 0 Å². The molecule has 1 aromatic carbocycles. The van der Waals surface area contributed by atoms with Gasteiger partial charge in [0.2, 0.25) is 5.91 Å². The molecule has 0 spiro atoms. The van der Waals surface area contributed by atoms with Crippen molar-refractivity contribution in [2.24, 2.45) is 0 Å². The maximum absolute atomic E-state index is 13.3. The summed E-state index contributed by atoms with van der Waals surface area (Å²) in [6.07, 6.45) is -0.499. The Hall–Kier alpha value is -1.27. The molecule has 2 N–H and O–H groups in total. The van der Waals surface area contributed by atoms with Gasteiger partial charge in [0, 0.05) is 13.0 Å². The van der Waals surface area contributed by atoms with Crippen molar-refractivity contribution < 1.29 is 18.0 Å². The summed E-state index contributed by atoms with van der Waals surface area (Å²) in [6.45, 7) is 1.28. The Morgan fingerprint density at radius 1 is 1.50 bits per heavy atom. The molecule has 0 saturated carbocycles. The molecule has 1 heterocycles. The van der Waals surface area contributed by atoms with Crippen LogP contribution in [0.25, 0.3) is 0 Å². The molecule has 112 valence electrons. The van der Waals surface area contributed by atoms with Gasteiger partial charge in [-0.1, -0.05) is 12.1 Å². The van der Waals surface area contributed by atoms with Crippen LogP contribution in [0.5, 0.6) is 0 Å². The third-order valence-corrected chi connectivity index (χ3v) is 3.13. The number of benzene rings is 1. The molecule has 1 unspecified atom stereocenters. The van der Waals surface area contributed by atoms with E-state index < -0.39 is 30.8 Å². The molecule has 0 aromatic heterocycles. The predicted molar refractivity (Wildman–Crippen MR) is 71.6 cm³/mol. The quantitative estimate of drug-likeness (QED) is 0.898. The van der Waals surface area contributed by atoms with Crippen LogP contribution in [0.4, 0.5) is 13.2 Å². The van der Waals surface area contributed by atoms with Gasteiger partial charge in [0.15, 0.2) is 0 Å². The summed E-state index contributed by atoms with van der Waals surface area (Å²) in [6, 6.07) is 3.74. The summed E-state index contributed by atoms with van der Waals surface area (Å²) < 4.78 is 39.1. The van der Waals surface area contributed by atoms with Crippen molar-refractivity contribution in [3.05, 3.63) is 35.1 Å². The van der Waals surface area contributed by atoms with Crippen LogP contribution in [-0.2, 0) is 11.3 Å². The van der Waals surface area contributed by atoms with E-state index in [1.54, 1.807) is 19.1 Å². The topological polar surface area (TPSA) is 41.1 Å². The Labute approximate surface area is 121 Å². The first-order valence-corrected chi connectivity index (χ1v) is 6.01. The molecule has 1 saturated heterocycles. The van der Waals surface area contributed by atoms with Gasteiger partial charge in [-0.05, 0) is 24.1 Å². The fraction of sp³-hybridized carbons (Fsp3) is 0.462. The van der Waals surface area contributed by atoms with Gasteiger partial charge in [-0.25, -0.2) is 13.2 Å². The Morgan fingerprint density at radius 2 is 2.20 bits per heavy atom. The van der Waals surface area contributed by atoms with Crippen molar-refractivity contribution in [2.75, 3.05) is 6.54 Å². The van der Waals surface area contributed by atoms with E-state index in [2.05, 4.69) is 10.6 Å². The smallest absolute Gasteiger partial charge is 0.262 e. The largest absolute Gasteiger partial charge is 0.351 e. The number of halogens is 4. The molecule has 0 aliphatic carbocycles. The summed E-state index contributed by atoms with van der Waals surface area (Å²) in [5.74, 6) is -3.67. The number of carbonyl (C=O) groups excluding carboxylic acids is 1. The molecule has 1 aliphatic rings. The number of hydrogen-bond acceptors (Lipinski definition) is 2. The Kier molecular flexibility index (Phi) is 5.42. The molecule has 7 heteroatoms. The van der Waals surface area contributed by atoms with Crippen LogP contribution in [0.3, 0.4) is 0 Å². The van der Waals surface area contributed by atoms with Crippen molar-refractivity contribution in [3.8, 4) is 0 Å². The molecular weight excluding hydrogens is 293 g/mol. The lowest BCUT2D eigenvalue weighted by molar-refractivity contribution is -0.123. The van der Waals surface area contributed by atoms with Crippen LogP contribution >= 0.6 is 12.4 Å². The lowest BCUT2D eigenvalue weighted by Gasteiger charge is -2.11. The van der Waals surface area contributed by atoms with Gasteiger partial charge in [-0.3, -0.25) is 10.1 Å². The van der Waals surface area contributed by atoms with E-state index in [9.17, 15) is 18.0 Å². The fourth-order valence-corrected chi connectivity index (χ4v) is 1.96. The number of nitrogens with one attached hydrogen (secondary N) is 2. The predicted octanol–water partition coefficient (Wildman–Crippen LogP) is 2.17.